The Morgan fingerprint density at radius 1 is 0.475 bits per heavy atom. The van der Waals surface area contributed by atoms with Gasteiger partial charge in [-0.05, 0) is 64.2 Å². The number of carboxylic acids is 1. The van der Waals surface area contributed by atoms with E-state index >= 15 is 0 Å². The Kier molecular flexibility index (Phi) is 42.8. The summed E-state index contributed by atoms with van der Waals surface area (Å²) in [5.41, 5.74) is 0. The summed E-state index contributed by atoms with van der Waals surface area (Å²) < 4.78 is 17.3. The molecule has 0 bridgehead atoms. The summed E-state index contributed by atoms with van der Waals surface area (Å²) in [6.07, 6.45) is 50.9. The van der Waals surface area contributed by atoms with Crippen LogP contribution in [0.25, 0.3) is 0 Å². The van der Waals surface area contributed by atoms with E-state index in [1.54, 1.807) is 0 Å². The molecular weight excluding hydrogens is 763 g/mol. The van der Waals surface area contributed by atoms with Crippen molar-refractivity contribution < 1.29 is 38.2 Å². The van der Waals surface area contributed by atoms with E-state index in [-0.39, 0.29) is 36.2 Å². The number of aliphatic carboxylic acids is 1. The van der Waals surface area contributed by atoms with E-state index in [2.05, 4.69) is 38.2 Å². The second-order valence-electron chi connectivity index (χ2n) is 18.8. The molecule has 358 valence electrons. The maximum Gasteiger partial charge on any atom is 0.362 e. The number of allylic oxidation sites excluding steroid dienone is 4. The highest BCUT2D eigenvalue weighted by molar-refractivity contribution is 5.72. The number of carbonyl (C=O) groups excluding carboxylic acids is 2. The number of nitrogens with zero attached hydrogens (tertiary/aromatic N) is 1. The van der Waals surface area contributed by atoms with Gasteiger partial charge in [0.05, 0.1) is 34.4 Å². The summed E-state index contributed by atoms with van der Waals surface area (Å²) in [4.78, 5) is 37.1. The lowest BCUT2D eigenvalue weighted by atomic mass is 10.0. The fourth-order valence-electron chi connectivity index (χ4n) is 7.79. The number of hydrogen-bond acceptors (Lipinski definition) is 6. The van der Waals surface area contributed by atoms with Gasteiger partial charge in [-0.25, -0.2) is 4.79 Å². The third-order valence-electron chi connectivity index (χ3n) is 11.8. The highest BCUT2D eigenvalue weighted by atomic mass is 16.6. The fraction of sp³-hybridized carbons (Fsp3) is 0.868. The van der Waals surface area contributed by atoms with Gasteiger partial charge in [0.2, 0.25) is 0 Å². The van der Waals surface area contributed by atoms with E-state index in [1.165, 1.54) is 161 Å². The van der Waals surface area contributed by atoms with Gasteiger partial charge in [0.15, 0.2) is 12.1 Å². The topological polar surface area (TPSA) is 99.1 Å². The standard InChI is InChI=1S/C53H99NO7/c1-6-8-10-12-14-16-18-20-22-23-24-25-26-27-28-29-30-32-34-36-38-40-42-44-52(56)61-49(47-59-46-45-50(53(57)58)54(3,4)5)48-60-51(55)43-41-39-37-35-33-31-21-19-17-15-13-11-9-7-2/h27-28,31,33,49-50H,6-26,29-30,32,34-48H2,1-5H3/p+1/b28-27+,33-31+. The predicted molar refractivity (Wildman–Crippen MR) is 257 cm³/mol. The molecule has 0 rings (SSSR count). The van der Waals surface area contributed by atoms with E-state index in [4.69, 9.17) is 14.2 Å². The number of rotatable bonds is 47. The van der Waals surface area contributed by atoms with Crippen LogP contribution in [0.4, 0.5) is 0 Å². The summed E-state index contributed by atoms with van der Waals surface area (Å²) in [7, 11) is 5.53. The molecule has 8 nitrogen and oxygen atoms in total. The zero-order valence-electron chi connectivity index (χ0n) is 40.9. The van der Waals surface area contributed by atoms with Crippen LogP contribution in [0.3, 0.4) is 0 Å². The molecule has 2 unspecified atom stereocenters. The van der Waals surface area contributed by atoms with Crippen LogP contribution in [0.15, 0.2) is 24.3 Å². The molecule has 0 aromatic carbocycles. The third kappa shape index (κ3) is 42.9. The number of quaternary nitrogens is 1. The van der Waals surface area contributed by atoms with Crippen molar-refractivity contribution >= 4 is 17.9 Å². The minimum absolute atomic E-state index is 0.0573. The zero-order chi connectivity index (χ0) is 44.9. The van der Waals surface area contributed by atoms with E-state index in [0.29, 0.717) is 19.3 Å². The second kappa shape index (κ2) is 44.4. The first-order valence-electron chi connectivity index (χ1n) is 25.9. The minimum Gasteiger partial charge on any atom is -0.477 e. The molecule has 0 radical (unpaired) electrons. The molecule has 0 aromatic heterocycles. The van der Waals surface area contributed by atoms with Gasteiger partial charge < -0.3 is 23.8 Å². The molecule has 0 heterocycles. The van der Waals surface area contributed by atoms with E-state index in [1.807, 2.05) is 21.1 Å². The zero-order valence-corrected chi connectivity index (χ0v) is 40.9. The summed E-state index contributed by atoms with van der Waals surface area (Å²) in [5.74, 6) is -1.48. The molecule has 8 heteroatoms. The number of carbonyl (C=O) groups is 3. The Balaban J connectivity index is 4.21. The van der Waals surface area contributed by atoms with Gasteiger partial charge in [0.25, 0.3) is 0 Å². The van der Waals surface area contributed by atoms with Gasteiger partial charge in [-0.1, -0.05) is 186 Å². The molecule has 0 aliphatic carbocycles. The molecule has 61 heavy (non-hydrogen) atoms. The molecule has 0 amide bonds. The van der Waals surface area contributed by atoms with Gasteiger partial charge in [-0.3, -0.25) is 9.59 Å². The highest BCUT2D eigenvalue weighted by Crippen LogP contribution is 2.15. The Labute approximate surface area is 377 Å². The lowest BCUT2D eigenvalue weighted by Crippen LogP contribution is -2.50. The van der Waals surface area contributed by atoms with Crippen LogP contribution in [0.1, 0.15) is 245 Å². The van der Waals surface area contributed by atoms with Crippen LogP contribution < -0.4 is 0 Å². The fourth-order valence-corrected chi connectivity index (χ4v) is 7.79. The Morgan fingerprint density at radius 3 is 1.20 bits per heavy atom. The Morgan fingerprint density at radius 2 is 0.820 bits per heavy atom. The molecule has 0 saturated heterocycles. The van der Waals surface area contributed by atoms with Crippen LogP contribution in [0, 0.1) is 0 Å². The van der Waals surface area contributed by atoms with Crippen LogP contribution in [0.2, 0.25) is 0 Å². The first-order valence-corrected chi connectivity index (χ1v) is 25.9. The summed E-state index contributed by atoms with van der Waals surface area (Å²) in [6, 6.07) is -0.616. The molecule has 0 fully saturated rings. The summed E-state index contributed by atoms with van der Waals surface area (Å²) in [6.45, 7) is 4.75. The Bertz CT molecular complexity index is 1050. The average Bonchev–Trinajstić information content (AvgIpc) is 3.22. The van der Waals surface area contributed by atoms with Gasteiger partial charge in [0, 0.05) is 19.3 Å². The number of unbranched alkanes of at least 4 members (excludes halogenated alkanes) is 29. The predicted octanol–water partition coefficient (Wildman–Crippen LogP) is 14.8. The molecule has 1 N–H and O–H groups in total. The van der Waals surface area contributed by atoms with E-state index in [9.17, 15) is 19.5 Å². The van der Waals surface area contributed by atoms with Crippen LogP contribution in [-0.4, -0.2) is 80.6 Å². The number of likely N-dealkylation sites (N-methyl/N-ethyl adjacent to an activating group) is 1. The van der Waals surface area contributed by atoms with Gasteiger partial charge in [-0.15, -0.1) is 0 Å². The highest BCUT2D eigenvalue weighted by Gasteiger charge is 2.31. The van der Waals surface area contributed by atoms with E-state index < -0.39 is 18.1 Å². The molecule has 0 saturated carbocycles. The largest absolute Gasteiger partial charge is 0.477 e. The first kappa shape index (κ1) is 58.8. The van der Waals surface area contributed by atoms with Crippen molar-refractivity contribution in [1.29, 1.82) is 0 Å². The molecule has 2 atom stereocenters. The van der Waals surface area contributed by atoms with E-state index in [0.717, 1.165) is 51.4 Å². The number of ether oxygens (including phenoxy) is 3. The summed E-state index contributed by atoms with van der Waals surface area (Å²) in [5, 5.41) is 9.64. The normalized spacial score (nSPS) is 13.0. The lowest BCUT2D eigenvalue weighted by molar-refractivity contribution is -0.887. The molecule has 0 aliphatic rings. The molecule has 0 spiro atoms. The summed E-state index contributed by atoms with van der Waals surface area (Å²) >= 11 is 0. The van der Waals surface area contributed by atoms with Crippen molar-refractivity contribution in [3.05, 3.63) is 24.3 Å². The smallest absolute Gasteiger partial charge is 0.362 e. The van der Waals surface area contributed by atoms with Crippen molar-refractivity contribution in [3.63, 3.8) is 0 Å². The first-order chi connectivity index (χ1) is 29.6. The van der Waals surface area contributed by atoms with Crippen LogP contribution >= 0.6 is 0 Å². The maximum absolute atomic E-state index is 12.8. The quantitative estimate of drug-likeness (QED) is 0.0281. The van der Waals surface area contributed by atoms with Gasteiger partial charge in [-0.2, -0.15) is 0 Å². The molecule has 0 aliphatic heterocycles. The van der Waals surface area contributed by atoms with Crippen LogP contribution in [0.5, 0.6) is 0 Å². The third-order valence-corrected chi connectivity index (χ3v) is 11.8. The number of esters is 2. The molecular formula is C53H100NO7+. The van der Waals surface area contributed by atoms with Crippen molar-refractivity contribution in [1.82, 2.24) is 0 Å². The van der Waals surface area contributed by atoms with Crippen molar-refractivity contribution in [2.75, 3.05) is 41.0 Å². The SMILES string of the molecule is CCCCCCCCC/C=C/CCCCCC(=O)OCC(COCCC(C(=O)O)[N+](C)(C)C)OC(=O)CCCCCCCCC/C=C/CCCCCCCCCCCCCC. The average molecular weight is 863 g/mol. The van der Waals surface area contributed by atoms with Crippen LogP contribution in [-0.2, 0) is 28.6 Å². The van der Waals surface area contributed by atoms with Crippen molar-refractivity contribution in [3.8, 4) is 0 Å². The second-order valence-corrected chi connectivity index (χ2v) is 18.8. The molecule has 0 aromatic rings. The maximum atomic E-state index is 12.8. The lowest BCUT2D eigenvalue weighted by Gasteiger charge is -2.31. The van der Waals surface area contributed by atoms with Crippen molar-refractivity contribution in [2.24, 2.45) is 0 Å². The van der Waals surface area contributed by atoms with Gasteiger partial charge in [0.1, 0.15) is 6.61 Å². The number of carboxylic acid groups (broad SMARTS) is 1. The monoisotopic (exact) mass is 863 g/mol. The van der Waals surface area contributed by atoms with Gasteiger partial charge >= 0.3 is 17.9 Å². The Hall–Kier alpha value is -2.19. The van der Waals surface area contributed by atoms with Crippen molar-refractivity contribution in [2.45, 2.75) is 257 Å². The minimum atomic E-state index is -0.875. The number of hydrogen-bond donors (Lipinski definition) is 1.